The van der Waals surface area contributed by atoms with Crippen molar-refractivity contribution in [1.29, 1.82) is 0 Å². The van der Waals surface area contributed by atoms with Crippen LogP contribution in [0.15, 0.2) is 22.7 Å². The molecule has 0 radical (unpaired) electrons. The lowest BCUT2D eigenvalue weighted by Gasteiger charge is -2.34. The van der Waals surface area contributed by atoms with Crippen LogP contribution in [0.5, 0.6) is 0 Å². The maximum absolute atomic E-state index is 13.0. The number of nitrogens with zero attached hydrogens (tertiary/aromatic N) is 1. The fourth-order valence-electron chi connectivity index (χ4n) is 2.55. The highest BCUT2D eigenvalue weighted by Gasteiger charge is 2.22. The molecule has 1 aromatic carbocycles. The number of nitrogens with two attached hydrogens (primary N) is 1. The number of likely N-dealkylation sites (tertiary alicyclic amines) is 1. The minimum absolute atomic E-state index is 0.197. The van der Waals surface area contributed by atoms with Crippen LogP contribution in [-0.4, -0.2) is 24.0 Å². The zero-order valence-electron chi connectivity index (χ0n) is 10.7. The Morgan fingerprint density at radius 2 is 2.33 bits per heavy atom. The Bertz CT molecular complexity index is 409. The van der Waals surface area contributed by atoms with E-state index in [1.807, 2.05) is 6.07 Å². The molecule has 18 heavy (non-hydrogen) atoms. The lowest BCUT2D eigenvalue weighted by atomic mass is 9.92. The lowest BCUT2D eigenvalue weighted by molar-refractivity contribution is 0.154. The van der Waals surface area contributed by atoms with E-state index in [4.69, 9.17) is 5.73 Å². The van der Waals surface area contributed by atoms with E-state index >= 15 is 0 Å². The van der Waals surface area contributed by atoms with Gasteiger partial charge in [0.25, 0.3) is 0 Å². The Hall–Kier alpha value is -0.450. The third kappa shape index (κ3) is 3.53. The van der Waals surface area contributed by atoms with Gasteiger partial charge in [-0.15, -0.1) is 0 Å². The van der Waals surface area contributed by atoms with Crippen LogP contribution >= 0.6 is 15.9 Å². The summed E-state index contributed by atoms with van der Waals surface area (Å²) in [7, 11) is 0. The number of hydrogen-bond acceptors (Lipinski definition) is 2. The van der Waals surface area contributed by atoms with Gasteiger partial charge in [-0.3, -0.25) is 4.90 Å². The average Bonchev–Trinajstić information content (AvgIpc) is 2.33. The van der Waals surface area contributed by atoms with Gasteiger partial charge >= 0.3 is 0 Å². The zero-order valence-corrected chi connectivity index (χ0v) is 12.3. The first-order valence-corrected chi connectivity index (χ1v) is 7.27. The molecule has 1 aliphatic rings. The molecule has 0 amide bonds. The Labute approximate surface area is 116 Å². The van der Waals surface area contributed by atoms with E-state index in [1.54, 1.807) is 0 Å². The van der Waals surface area contributed by atoms with Crippen LogP contribution in [0.1, 0.15) is 25.3 Å². The zero-order chi connectivity index (χ0) is 13.1. The molecule has 1 aliphatic heterocycles. The highest BCUT2D eigenvalue weighted by atomic mass is 79.9. The molecule has 2 nitrogen and oxygen atoms in total. The van der Waals surface area contributed by atoms with E-state index < -0.39 is 0 Å². The van der Waals surface area contributed by atoms with Crippen molar-refractivity contribution in [2.45, 2.75) is 32.4 Å². The van der Waals surface area contributed by atoms with Gasteiger partial charge in [-0.2, -0.15) is 0 Å². The fourth-order valence-corrected chi connectivity index (χ4v) is 3.03. The van der Waals surface area contributed by atoms with Crippen molar-refractivity contribution >= 4 is 15.9 Å². The molecule has 2 rings (SSSR count). The van der Waals surface area contributed by atoms with Gasteiger partial charge in [0.05, 0.1) is 0 Å². The van der Waals surface area contributed by atoms with Crippen LogP contribution in [0, 0.1) is 11.7 Å². The van der Waals surface area contributed by atoms with Crippen LogP contribution in [-0.2, 0) is 6.54 Å². The summed E-state index contributed by atoms with van der Waals surface area (Å²) in [6.45, 7) is 5.10. The predicted octanol–water partition coefficient (Wildman–Crippen LogP) is 3.15. The summed E-state index contributed by atoms with van der Waals surface area (Å²) >= 11 is 3.43. The summed E-state index contributed by atoms with van der Waals surface area (Å²) in [5.41, 5.74) is 7.13. The van der Waals surface area contributed by atoms with E-state index in [1.165, 1.54) is 25.0 Å². The molecule has 0 aromatic heterocycles. The SMILES string of the molecule is CC(N)C1CCCN(Cc2ccc(F)cc2Br)C1. The van der Waals surface area contributed by atoms with Crippen molar-refractivity contribution in [2.75, 3.05) is 13.1 Å². The van der Waals surface area contributed by atoms with Gasteiger partial charge in [0.15, 0.2) is 0 Å². The number of piperidine rings is 1. The van der Waals surface area contributed by atoms with Gasteiger partial charge in [-0.25, -0.2) is 4.39 Å². The van der Waals surface area contributed by atoms with Gasteiger partial charge in [0.1, 0.15) is 5.82 Å². The van der Waals surface area contributed by atoms with E-state index in [2.05, 4.69) is 27.8 Å². The molecule has 1 saturated heterocycles. The normalized spacial score (nSPS) is 23.0. The average molecular weight is 315 g/mol. The molecule has 2 unspecified atom stereocenters. The van der Waals surface area contributed by atoms with E-state index in [0.717, 1.165) is 29.7 Å². The molecule has 100 valence electrons. The highest BCUT2D eigenvalue weighted by molar-refractivity contribution is 9.10. The third-order valence-corrected chi connectivity index (χ3v) is 4.43. The summed E-state index contributed by atoms with van der Waals surface area (Å²) in [5, 5.41) is 0. The topological polar surface area (TPSA) is 29.3 Å². The Balaban J connectivity index is 2.00. The lowest BCUT2D eigenvalue weighted by Crippen LogP contribution is -2.41. The second-order valence-electron chi connectivity index (χ2n) is 5.23. The Morgan fingerprint density at radius 1 is 1.56 bits per heavy atom. The fraction of sp³-hybridized carbons (Fsp3) is 0.571. The third-order valence-electron chi connectivity index (χ3n) is 3.69. The first-order valence-electron chi connectivity index (χ1n) is 6.48. The maximum atomic E-state index is 13.0. The van der Waals surface area contributed by atoms with Crippen LogP contribution < -0.4 is 5.73 Å². The molecule has 1 fully saturated rings. The van der Waals surface area contributed by atoms with Crippen LogP contribution in [0.2, 0.25) is 0 Å². The quantitative estimate of drug-likeness (QED) is 0.928. The summed E-state index contributed by atoms with van der Waals surface area (Å²) in [6.07, 6.45) is 2.42. The second-order valence-corrected chi connectivity index (χ2v) is 6.09. The van der Waals surface area contributed by atoms with Crippen LogP contribution in [0.4, 0.5) is 4.39 Å². The smallest absolute Gasteiger partial charge is 0.124 e. The van der Waals surface area contributed by atoms with Crippen LogP contribution in [0.25, 0.3) is 0 Å². The van der Waals surface area contributed by atoms with Gasteiger partial charge < -0.3 is 5.73 Å². The van der Waals surface area contributed by atoms with Gasteiger partial charge in [-0.1, -0.05) is 22.0 Å². The summed E-state index contributed by atoms with van der Waals surface area (Å²) < 4.78 is 13.9. The van der Waals surface area contributed by atoms with Gasteiger partial charge in [-0.05, 0) is 49.9 Å². The standard InChI is InChI=1S/C14H20BrFN2/c1-10(17)11-3-2-6-18(8-11)9-12-4-5-13(16)7-14(12)15/h4-5,7,10-11H,2-3,6,8-9,17H2,1H3. The summed E-state index contributed by atoms with van der Waals surface area (Å²) in [4.78, 5) is 2.41. The van der Waals surface area contributed by atoms with Crippen molar-refractivity contribution in [3.63, 3.8) is 0 Å². The van der Waals surface area contributed by atoms with Crippen LogP contribution in [0.3, 0.4) is 0 Å². The maximum Gasteiger partial charge on any atom is 0.124 e. The molecule has 0 spiro atoms. The van der Waals surface area contributed by atoms with Crippen molar-refractivity contribution < 1.29 is 4.39 Å². The first-order chi connectivity index (χ1) is 8.56. The largest absolute Gasteiger partial charge is 0.328 e. The highest BCUT2D eigenvalue weighted by Crippen LogP contribution is 2.24. The molecule has 4 heteroatoms. The monoisotopic (exact) mass is 314 g/mol. The Morgan fingerprint density at radius 3 is 3.00 bits per heavy atom. The van der Waals surface area contributed by atoms with Crippen molar-refractivity contribution in [2.24, 2.45) is 11.7 Å². The molecule has 1 aromatic rings. The minimum Gasteiger partial charge on any atom is -0.328 e. The van der Waals surface area contributed by atoms with Gasteiger partial charge in [0.2, 0.25) is 0 Å². The molecular formula is C14H20BrFN2. The van der Waals surface area contributed by atoms with Crippen molar-refractivity contribution in [3.8, 4) is 0 Å². The molecule has 0 bridgehead atoms. The molecule has 2 atom stereocenters. The van der Waals surface area contributed by atoms with E-state index in [9.17, 15) is 4.39 Å². The summed E-state index contributed by atoms with van der Waals surface area (Å²) in [5.74, 6) is 0.385. The van der Waals surface area contributed by atoms with E-state index in [0.29, 0.717) is 5.92 Å². The number of rotatable bonds is 3. The molecule has 2 N–H and O–H groups in total. The molecular weight excluding hydrogens is 295 g/mol. The Kier molecular flexibility index (Phi) is 4.76. The second kappa shape index (κ2) is 6.13. The number of hydrogen-bond donors (Lipinski definition) is 1. The first kappa shape index (κ1) is 14.0. The van der Waals surface area contributed by atoms with E-state index in [-0.39, 0.29) is 11.9 Å². The number of benzene rings is 1. The predicted molar refractivity (Wildman–Crippen MR) is 75.8 cm³/mol. The number of halogens is 2. The summed E-state index contributed by atoms with van der Waals surface area (Å²) in [6, 6.07) is 5.16. The van der Waals surface area contributed by atoms with Gasteiger partial charge in [0, 0.05) is 23.6 Å². The molecule has 0 saturated carbocycles. The minimum atomic E-state index is -0.197. The van der Waals surface area contributed by atoms with Crippen molar-refractivity contribution in [3.05, 3.63) is 34.1 Å². The van der Waals surface area contributed by atoms with Crippen molar-refractivity contribution in [1.82, 2.24) is 4.90 Å². The molecule has 1 heterocycles. The molecule has 0 aliphatic carbocycles.